The van der Waals surface area contributed by atoms with Gasteiger partial charge in [-0.1, -0.05) is 25.7 Å². The molecule has 0 radical (unpaired) electrons. The average Bonchev–Trinajstić information content (AvgIpc) is 2.19. The Morgan fingerprint density at radius 2 is 1.56 bits per heavy atom. The molecule has 16 heavy (non-hydrogen) atoms. The second-order valence-electron chi connectivity index (χ2n) is 4.81. The molecule has 1 rings (SSSR count). The van der Waals surface area contributed by atoms with E-state index in [0.717, 1.165) is 19.3 Å². The van der Waals surface area contributed by atoms with Crippen molar-refractivity contribution in [1.82, 2.24) is 4.90 Å². The van der Waals surface area contributed by atoms with Gasteiger partial charge in [0.2, 0.25) is 0 Å². The maximum Gasteiger partial charge on any atom is 0.303 e. The summed E-state index contributed by atoms with van der Waals surface area (Å²) < 4.78 is 0. The lowest BCUT2D eigenvalue weighted by Crippen LogP contribution is -2.28. The highest BCUT2D eigenvalue weighted by atomic mass is 16.4. The van der Waals surface area contributed by atoms with E-state index in [4.69, 9.17) is 5.11 Å². The average molecular weight is 227 g/mol. The van der Waals surface area contributed by atoms with Crippen LogP contribution in [-0.2, 0) is 4.79 Å². The van der Waals surface area contributed by atoms with Crippen molar-refractivity contribution in [3.63, 3.8) is 0 Å². The van der Waals surface area contributed by atoms with E-state index in [9.17, 15) is 4.79 Å². The smallest absolute Gasteiger partial charge is 0.303 e. The summed E-state index contributed by atoms with van der Waals surface area (Å²) in [4.78, 5) is 12.9. The first kappa shape index (κ1) is 13.5. The van der Waals surface area contributed by atoms with Crippen LogP contribution >= 0.6 is 0 Å². The summed E-state index contributed by atoms with van der Waals surface area (Å²) in [6, 6.07) is 0. The molecule has 1 N–H and O–H groups in total. The van der Waals surface area contributed by atoms with E-state index in [-0.39, 0.29) is 0 Å². The molecule has 0 atom stereocenters. The molecule has 0 aromatic heterocycles. The zero-order valence-electron chi connectivity index (χ0n) is 10.3. The zero-order chi connectivity index (χ0) is 11.6. The van der Waals surface area contributed by atoms with E-state index in [0.29, 0.717) is 6.42 Å². The number of rotatable bonds is 6. The molecule has 3 heteroatoms. The summed E-state index contributed by atoms with van der Waals surface area (Å²) in [5, 5.41) is 8.52. The summed E-state index contributed by atoms with van der Waals surface area (Å²) in [7, 11) is 0. The molecule has 0 bridgehead atoms. The van der Waals surface area contributed by atoms with Crippen LogP contribution in [-0.4, -0.2) is 35.6 Å². The van der Waals surface area contributed by atoms with Gasteiger partial charge in [0.05, 0.1) is 0 Å². The number of likely N-dealkylation sites (tertiary alicyclic amines) is 1. The van der Waals surface area contributed by atoms with Crippen LogP contribution in [0.2, 0.25) is 0 Å². The predicted molar refractivity (Wildman–Crippen MR) is 65.6 cm³/mol. The monoisotopic (exact) mass is 227 g/mol. The van der Waals surface area contributed by atoms with Gasteiger partial charge in [-0.25, -0.2) is 0 Å². The molecule has 1 aliphatic heterocycles. The molecule has 1 saturated heterocycles. The van der Waals surface area contributed by atoms with Crippen LogP contribution < -0.4 is 0 Å². The molecular formula is C13H25NO2. The van der Waals surface area contributed by atoms with Gasteiger partial charge in [-0.3, -0.25) is 4.79 Å². The van der Waals surface area contributed by atoms with Crippen LogP contribution in [0.25, 0.3) is 0 Å². The molecule has 1 heterocycles. The molecule has 0 unspecified atom stereocenters. The fourth-order valence-electron chi connectivity index (χ4n) is 2.32. The molecule has 0 aromatic carbocycles. The SMILES string of the molecule is O=C(O)CCCCCN1CCCCCCC1. The van der Waals surface area contributed by atoms with Gasteiger partial charge >= 0.3 is 5.97 Å². The van der Waals surface area contributed by atoms with Gasteiger partial charge in [0.15, 0.2) is 0 Å². The number of hydrogen-bond donors (Lipinski definition) is 1. The minimum absolute atomic E-state index is 0.333. The summed E-state index contributed by atoms with van der Waals surface area (Å²) in [6.45, 7) is 3.66. The van der Waals surface area contributed by atoms with Gasteiger partial charge in [-0.05, 0) is 45.3 Å². The van der Waals surface area contributed by atoms with Crippen LogP contribution in [0.3, 0.4) is 0 Å². The zero-order valence-corrected chi connectivity index (χ0v) is 10.3. The van der Waals surface area contributed by atoms with E-state index >= 15 is 0 Å². The van der Waals surface area contributed by atoms with Crippen LogP contribution in [0, 0.1) is 0 Å². The third-order valence-electron chi connectivity index (χ3n) is 3.31. The molecule has 0 aliphatic carbocycles. The van der Waals surface area contributed by atoms with Crippen LogP contribution in [0.1, 0.15) is 57.8 Å². The van der Waals surface area contributed by atoms with Crippen molar-refractivity contribution in [3.05, 3.63) is 0 Å². The third kappa shape index (κ3) is 6.83. The van der Waals surface area contributed by atoms with E-state index in [1.54, 1.807) is 0 Å². The van der Waals surface area contributed by atoms with E-state index in [1.807, 2.05) is 0 Å². The number of nitrogens with zero attached hydrogens (tertiary/aromatic N) is 1. The fraction of sp³-hybridized carbons (Fsp3) is 0.923. The minimum atomic E-state index is -0.661. The Hall–Kier alpha value is -0.570. The topological polar surface area (TPSA) is 40.5 Å². The van der Waals surface area contributed by atoms with Crippen molar-refractivity contribution < 1.29 is 9.90 Å². The molecular weight excluding hydrogens is 202 g/mol. The summed E-state index contributed by atoms with van der Waals surface area (Å²) in [5.74, 6) is -0.661. The quantitative estimate of drug-likeness (QED) is 0.709. The Balaban J connectivity index is 1.99. The predicted octanol–water partition coefficient (Wildman–Crippen LogP) is 2.90. The van der Waals surface area contributed by atoms with Crippen molar-refractivity contribution in [2.45, 2.75) is 57.8 Å². The summed E-state index contributed by atoms with van der Waals surface area (Å²) in [6.07, 6.45) is 10.3. The maximum atomic E-state index is 10.3. The maximum absolute atomic E-state index is 10.3. The van der Waals surface area contributed by atoms with Gasteiger partial charge in [0.1, 0.15) is 0 Å². The van der Waals surface area contributed by atoms with Gasteiger partial charge in [0.25, 0.3) is 0 Å². The summed E-state index contributed by atoms with van der Waals surface area (Å²) >= 11 is 0. The van der Waals surface area contributed by atoms with Crippen molar-refractivity contribution in [2.24, 2.45) is 0 Å². The molecule has 0 amide bonds. The van der Waals surface area contributed by atoms with Crippen LogP contribution in [0.15, 0.2) is 0 Å². The van der Waals surface area contributed by atoms with Crippen molar-refractivity contribution in [2.75, 3.05) is 19.6 Å². The standard InChI is InChI=1S/C13H25NO2/c15-13(16)9-5-4-8-12-14-10-6-2-1-3-7-11-14/h1-12H2,(H,15,16). The molecule has 0 spiro atoms. The van der Waals surface area contributed by atoms with Gasteiger partial charge in [-0.2, -0.15) is 0 Å². The van der Waals surface area contributed by atoms with Crippen LogP contribution in [0.5, 0.6) is 0 Å². The fourth-order valence-corrected chi connectivity index (χ4v) is 2.32. The second-order valence-corrected chi connectivity index (χ2v) is 4.81. The van der Waals surface area contributed by atoms with E-state index in [1.165, 1.54) is 51.7 Å². The normalized spacial score (nSPS) is 19.0. The van der Waals surface area contributed by atoms with Crippen molar-refractivity contribution in [1.29, 1.82) is 0 Å². The Morgan fingerprint density at radius 1 is 0.938 bits per heavy atom. The first-order chi connectivity index (χ1) is 7.79. The Bertz CT molecular complexity index is 186. The first-order valence-corrected chi connectivity index (χ1v) is 6.73. The summed E-state index contributed by atoms with van der Waals surface area (Å²) in [5.41, 5.74) is 0. The van der Waals surface area contributed by atoms with Crippen molar-refractivity contribution >= 4 is 5.97 Å². The van der Waals surface area contributed by atoms with Crippen molar-refractivity contribution in [3.8, 4) is 0 Å². The highest BCUT2D eigenvalue weighted by molar-refractivity contribution is 5.66. The van der Waals surface area contributed by atoms with Gasteiger partial charge in [-0.15, -0.1) is 0 Å². The van der Waals surface area contributed by atoms with E-state index < -0.39 is 5.97 Å². The molecule has 1 fully saturated rings. The number of carbonyl (C=O) groups is 1. The highest BCUT2D eigenvalue weighted by Crippen LogP contribution is 2.11. The largest absolute Gasteiger partial charge is 0.481 e. The number of carboxylic acids is 1. The Morgan fingerprint density at radius 3 is 2.19 bits per heavy atom. The first-order valence-electron chi connectivity index (χ1n) is 6.73. The number of unbranched alkanes of at least 4 members (excludes halogenated alkanes) is 2. The molecule has 94 valence electrons. The van der Waals surface area contributed by atoms with Gasteiger partial charge in [0, 0.05) is 6.42 Å². The lowest BCUT2D eigenvalue weighted by molar-refractivity contribution is -0.137. The number of hydrogen-bond acceptors (Lipinski definition) is 2. The highest BCUT2D eigenvalue weighted by Gasteiger charge is 2.07. The molecule has 0 saturated carbocycles. The molecule has 3 nitrogen and oxygen atoms in total. The lowest BCUT2D eigenvalue weighted by Gasteiger charge is -2.24. The molecule has 1 aliphatic rings. The lowest BCUT2D eigenvalue weighted by atomic mass is 10.1. The minimum Gasteiger partial charge on any atom is -0.481 e. The van der Waals surface area contributed by atoms with Crippen LogP contribution in [0.4, 0.5) is 0 Å². The van der Waals surface area contributed by atoms with E-state index in [2.05, 4.69) is 4.90 Å². The Kier molecular flexibility index (Phi) is 7.23. The number of carboxylic acid groups (broad SMARTS) is 1. The molecule has 0 aromatic rings. The van der Waals surface area contributed by atoms with Gasteiger partial charge < -0.3 is 10.0 Å². The third-order valence-corrected chi connectivity index (χ3v) is 3.31. The second kappa shape index (κ2) is 8.57. The number of aliphatic carboxylic acids is 1. The Labute approximate surface area is 98.8 Å².